The molecule has 1 N–H and O–H groups in total. The SMILES string of the molecule is COc1ccc(CCC(=O)N(Cc2ccccn2)C2CCCNCC2)cc1F. The van der Waals surface area contributed by atoms with Gasteiger partial charge in [0.15, 0.2) is 11.6 Å². The van der Waals surface area contributed by atoms with E-state index in [0.29, 0.717) is 19.4 Å². The molecule has 2 heterocycles. The number of carbonyl (C=O) groups excluding carboxylic acids is 1. The van der Waals surface area contributed by atoms with Crippen LogP contribution in [0.25, 0.3) is 0 Å². The van der Waals surface area contributed by atoms with Gasteiger partial charge >= 0.3 is 0 Å². The minimum absolute atomic E-state index is 0.0915. The molecule has 1 unspecified atom stereocenters. The van der Waals surface area contributed by atoms with Gasteiger partial charge in [0, 0.05) is 18.7 Å². The third-order valence-electron chi connectivity index (χ3n) is 5.21. The Hall–Kier alpha value is -2.47. The lowest BCUT2D eigenvalue weighted by Gasteiger charge is -2.31. The van der Waals surface area contributed by atoms with Crippen LogP contribution in [0.4, 0.5) is 4.39 Å². The largest absolute Gasteiger partial charge is 0.494 e. The molecule has 1 amide bonds. The predicted octanol–water partition coefficient (Wildman–Crippen LogP) is 3.33. The molecule has 5 nitrogen and oxygen atoms in total. The number of aromatic nitrogens is 1. The number of methoxy groups -OCH3 is 1. The van der Waals surface area contributed by atoms with Gasteiger partial charge in [-0.2, -0.15) is 0 Å². The maximum atomic E-state index is 13.9. The van der Waals surface area contributed by atoms with Gasteiger partial charge in [-0.3, -0.25) is 9.78 Å². The van der Waals surface area contributed by atoms with Crippen molar-refractivity contribution in [1.82, 2.24) is 15.2 Å². The number of nitrogens with one attached hydrogen (secondary N) is 1. The number of halogens is 1. The lowest BCUT2D eigenvalue weighted by Crippen LogP contribution is -2.40. The van der Waals surface area contributed by atoms with Crippen molar-refractivity contribution in [3.63, 3.8) is 0 Å². The van der Waals surface area contributed by atoms with Gasteiger partial charge in [-0.05, 0) is 68.6 Å². The van der Waals surface area contributed by atoms with E-state index in [2.05, 4.69) is 10.3 Å². The minimum atomic E-state index is -0.396. The summed E-state index contributed by atoms with van der Waals surface area (Å²) in [6.45, 7) is 2.43. The van der Waals surface area contributed by atoms with Crippen molar-refractivity contribution in [2.75, 3.05) is 20.2 Å². The van der Waals surface area contributed by atoms with E-state index in [1.165, 1.54) is 13.2 Å². The summed E-state index contributed by atoms with van der Waals surface area (Å²) in [5.41, 5.74) is 1.69. The van der Waals surface area contributed by atoms with Crippen LogP contribution in [0.5, 0.6) is 5.75 Å². The molecule has 3 rings (SSSR count). The molecule has 0 aliphatic carbocycles. The third-order valence-corrected chi connectivity index (χ3v) is 5.21. The minimum Gasteiger partial charge on any atom is -0.494 e. The molecular formula is C22H28FN3O2. The van der Waals surface area contributed by atoms with Crippen LogP contribution in [0.15, 0.2) is 42.6 Å². The molecule has 150 valence electrons. The zero-order valence-corrected chi connectivity index (χ0v) is 16.4. The average Bonchev–Trinajstić information content (AvgIpc) is 3.00. The molecule has 1 fully saturated rings. The Kier molecular flexibility index (Phi) is 7.37. The highest BCUT2D eigenvalue weighted by atomic mass is 19.1. The van der Waals surface area contributed by atoms with Crippen LogP contribution in [-0.2, 0) is 17.8 Å². The molecule has 1 aromatic heterocycles. The molecule has 1 aromatic carbocycles. The Morgan fingerprint density at radius 1 is 1.29 bits per heavy atom. The molecule has 1 atom stereocenters. The molecule has 1 aliphatic rings. The summed E-state index contributed by atoms with van der Waals surface area (Å²) in [5, 5.41) is 3.40. The van der Waals surface area contributed by atoms with Gasteiger partial charge in [0.2, 0.25) is 5.91 Å². The molecule has 28 heavy (non-hydrogen) atoms. The molecule has 6 heteroatoms. The molecule has 0 radical (unpaired) electrons. The van der Waals surface area contributed by atoms with Crippen molar-refractivity contribution in [1.29, 1.82) is 0 Å². The number of ether oxygens (including phenoxy) is 1. The van der Waals surface area contributed by atoms with Gasteiger partial charge in [-0.15, -0.1) is 0 Å². The highest BCUT2D eigenvalue weighted by Gasteiger charge is 2.25. The number of rotatable bonds is 7. The highest BCUT2D eigenvalue weighted by molar-refractivity contribution is 5.76. The van der Waals surface area contributed by atoms with Crippen LogP contribution in [0, 0.1) is 5.82 Å². The monoisotopic (exact) mass is 385 g/mol. The van der Waals surface area contributed by atoms with Crippen LogP contribution < -0.4 is 10.1 Å². The normalized spacial score (nSPS) is 17.0. The van der Waals surface area contributed by atoms with Gasteiger partial charge in [-0.25, -0.2) is 4.39 Å². The Balaban J connectivity index is 1.69. The number of benzene rings is 1. The predicted molar refractivity (Wildman–Crippen MR) is 107 cm³/mol. The quantitative estimate of drug-likeness (QED) is 0.794. The van der Waals surface area contributed by atoms with Crippen molar-refractivity contribution in [3.8, 4) is 5.75 Å². The first-order valence-corrected chi connectivity index (χ1v) is 9.90. The molecule has 2 aromatic rings. The number of pyridine rings is 1. The fourth-order valence-electron chi connectivity index (χ4n) is 3.66. The van der Waals surface area contributed by atoms with Crippen LogP contribution in [0.2, 0.25) is 0 Å². The van der Waals surface area contributed by atoms with E-state index in [-0.39, 0.29) is 17.7 Å². The molecule has 0 spiro atoms. The fraction of sp³-hybridized carbons (Fsp3) is 0.455. The zero-order valence-electron chi connectivity index (χ0n) is 16.4. The molecular weight excluding hydrogens is 357 g/mol. The lowest BCUT2D eigenvalue weighted by molar-refractivity contribution is -0.134. The topological polar surface area (TPSA) is 54.5 Å². The number of hydrogen-bond donors (Lipinski definition) is 1. The van der Waals surface area contributed by atoms with Gasteiger partial charge < -0.3 is 15.0 Å². The highest BCUT2D eigenvalue weighted by Crippen LogP contribution is 2.21. The molecule has 0 bridgehead atoms. The van der Waals surface area contributed by atoms with E-state index in [0.717, 1.165) is 43.6 Å². The lowest BCUT2D eigenvalue weighted by atomic mass is 10.0. The van der Waals surface area contributed by atoms with Crippen molar-refractivity contribution in [2.45, 2.75) is 44.7 Å². The third kappa shape index (κ3) is 5.52. The first kappa shape index (κ1) is 20.3. The van der Waals surface area contributed by atoms with Crippen molar-refractivity contribution in [2.24, 2.45) is 0 Å². The Labute approximate surface area is 165 Å². The first-order chi connectivity index (χ1) is 13.7. The summed E-state index contributed by atoms with van der Waals surface area (Å²) in [6.07, 6.45) is 5.59. The second kappa shape index (κ2) is 10.2. The second-order valence-electron chi connectivity index (χ2n) is 7.15. The summed E-state index contributed by atoms with van der Waals surface area (Å²) in [5.74, 6) is -0.0841. The van der Waals surface area contributed by atoms with Crippen LogP contribution in [0.3, 0.4) is 0 Å². The number of nitrogens with zero attached hydrogens (tertiary/aromatic N) is 2. The maximum Gasteiger partial charge on any atom is 0.223 e. The number of amides is 1. The average molecular weight is 385 g/mol. The van der Waals surface area contributed by atoms with Crippen LogP contribution in [0.1, 0.15) is 36.9 Å². The number of hydrogen-bond acceptors (Lipinski definition) is 4. The van der Waals surface area contributed by atoms with Crippen LogP contribution >= 0.6 is 0 Å². The number of carbonyl (C=O) groups is 1. The fourth-order valence-corrected chi connectivity index (χ4v) is 3.66. The van der Waals surface area contributed by atoms with E-state index in [1.807, 2.05) is 29.2 Å². The standard InChI is InChI=1S/C22H28FN3O2/c1-28-21-9-7-17(15-20(21)23)8-10-22(27)26(16-18-5-2-3-13-25-18)19-6-4-12-24-14-11-19/h2-3,5,7,9,13,15,19,24H,4,6,8,10-12,14,16H2,1H3. The van der Waals surface area contributed by atoms with Crippen LogP contribution in [-0.4, -0.2) is 42.0 Å². The molecule has 1 aliphatic heterocycles. The van der Waals surface area contributed by atoms with Crippen molar-refractivity contribution in [3.05, 3.63) is 59.7 Å². The molecule has 0 saturated carbocycles. The zero-order chi connectivity index (χ0) is 19.8. The smallest absolute Gasteiger partial charge is 0.223 e. The van der Waals surface area contributed by atoms with Gasteiger partial charge in [-0.1, -0.05) is 12.1 Å². The second-order valence-corrected chi connectivity index (χ2v) is 7.15. The summed E-state index contributed by atoms with van der Waals surface area (Å²) in [7, 11) is 1.44. The van der Waals surface area contributed by atoms with E-state index in [1.54, 1.807) is 12.3 Å². The van der Waals surface area contributed by atoms with E-state index < -0.39 is 5.82 Å². The number of aryl methyl sites for hydroxylation is 1. The Morgan fingerprint density at radius 2 is 2.18 bits per heavy atom. The van der Waals surface area contributed by atoms with Crippen molar-refractivity contribution >= 4 is 5.91 Å². The van der Waals surface area contributed by atoms with Gasteiger partial charge in [0.05, 0.1) is 19.3 Å². The van der Waals surface area contributed by atoms with E-state index >= 15 is 0 Å². The first-order valence-electron chi connectivity index (χ1n) is 9.90. The summed E-state index contributed by atoms with van der Waals surface area (Å²) in [4.78, 5) is 19.5. The Morgan fingerprint density at radius 3 is 2.93 bits per heavy atom. The maximum absolute atomic E-state index is 13.9. The van der Waals surface area contributed by atoms with E-state index in [4.69, 9.17) is 4.74 Å². The Bertz CT molecular complexity index is 762. The van der Waals surface area contributed by atoms with Gasteiger partial charge in [0.25, 0.3) is 0 Å². The summed E-state index contributed by atoms with van der Waals surface area (Å²) < 4.78 is 18.9. The summed E-state index contributed by atoms with van der Waals surface area (Å²) in [6, 6.07) is 10.9. The summed E-state index contributed by atoms with van der Waals surface area (Å²) >= 11 is 0. The molecule has 1 saturated heterocycles. The van der Waals surface area contributed by atoms with Crippen molar-refractivity contribution < 1.29 is 13.9 Å². The van der Waals surface area contributed by atoms with E-state index in [9.17, 15) is 9.18 Å². The van der Waals surface area contributed by atoms with Gasteiger partial charge in [0.1, 0.15) is 0 Å².